The van der Waals surface area contributed by atoms with Gasteiger partial charge in [0, 0.05) is 16.9 Å². The van der Waals surface area contributed by atoms with Crippen LogP contribution in [0.3, 0.4) is 0 Å². The molecular formula is C23H28O5S. The minimum atomic E-state index is -1.44. The van der Waals surface area contributed by atoms with Gasteiger partial charge in [-0.2, -0.15) is 0 Å². The minimum absolute atomic E-state index is 0.0334. The second-order valence-electron chi connectivity index (χ2n) is 7.99. The van der Waals surface area contributed by atoms with Gasteiger partial charge in [0.15, 0.2) is 11.6 Å². The normalized spacial score (nSPS) is 12.3. The molecule has 0 aliphatic heterocycles. The lowest BCUT2D eigenvalue weighted by molar-refractivity contribution is 0.0487. The smallest absolute Gasteiger partial charge is 0.193 e. The van der Waals surface area contributed by atoms with Crippen LogP contribution in [0.25, 0.3) is 0 Å². The molecule has 0 spiro atoms. The fourth-order valence-electron chi connectivity index (χ4n) is 2.88. The van der Waals surface area contributed by atoms with Crippen LogP contribution in [0.5, 0.6) is 0 Å². The summed E-state index contributed by atoms with van der Waals surface area (Å²) in [5.41, 5.74) is -0.128. The van der Waals surface area contributed by atoms with Gasteiger partial charge in [-0.05, 0) is 38.8 Å². The van der Waals surface area contributed by atoms with Crippen LogP contribution >= 0.6 is 11.8 Å². The first-order chi connectivity index (χ1) is 13.4. The van der Waals surface area contributed by atoms with Crippen LogP contribution < -0.4 is 0 Å². The second kappa shape index (κ2) is 9.22. The van der Waals surface area contributed by atoms with E-state index in [1.807, 2.05) is 24.3 Å². The molecule has 0 amide bonds. The first kappa shape index (κ1) is 23.3. The van der Waals surface area contributed by atoms with Gasteiger partial charge in [0.1, 0.15) is 11.2 Å². The van der Waals surface area contributed by atoms with Gasteiger partial charge in [-0.3, -0.25) is 9.59 Å². The second-order valence-corrected chi connectivity index (χ2v) is 9.21. The molecule has 0 saturated carbocycles. The van der Waals surface area contributed by atoms with Crippen molar-refractivity contribution in [3.8, 4) is 0 Å². The lowest BCUT2D eigenvalue weighted by Crippen LogP contribution is -2.31. The number of aliphatic hydroxyl groups excluding tert-OH is 1. The first-order valence-electron chi connectivity index (χ1n) is 9.42. The van der Waals surface area contributed by atoms with Crippen LogP contribution in [0.4, 0.5) is 0 Å². The van der Waals surface area contributed by atoms with Gasteiger partial charge >= 0.3 is 0 Å². The van der Waals surface area contributed by atoms with Gasteiger partial charge in [-0.25, -0.2) is 0 Å². The maximum atomic E-state index is 12.2. The monoisotopic (exact) mass is 416 g/mol. The van der Waals surface area contributed by atoms with Crippen molar-refractivity contribution in [2.75, 3.05) is 12.4 Å². The molecule has 0 fully saturated rings. The highest BCUT2D eigenvalue weighted by Crippen LogP contribution is 2.36. The van der Waals surface area contributed by atoms with Crippen molar-refractivity contribution in [2.45, 2.75) is 44.1 Å². The molecule has 0 heterocycles. The van der Waals surface area contributed by atoms with E-state index in [1.54, 1.807) is 36.0 Å². The number of benzene rings is 2. The Labute approximate surface area is 175 Å². The Morgan fingerprint density at radius 1 is 0.793 bits per heavy atom. The maximum Gasteiger partial charge on any atom is 0.193 e. The summed E-state index contributed by atoms with van der Waals surface area (Å²) in [5, 5.41) is 29.0. The Kier molecular flexibility index (Phi) is 7.40. The Bertz CT molecular complexity index is 773. The zero-order valence-corrected chi connectivity index (χ0v) is 18.0. The minimum Gasteiger partial charge on any atom is -0.396 e. The molecular weight excluding hydrogens is 388 g/mol. The summed E-state index contributed by atoms with van der Waals surface area (Å²) < 4.78 is 0. The molecule has 0 bridgehead atoms. The molecule has 0 aliphatic rings. The molecule has 2 aromatic carbocycles. The van der Waals surface area contributed by atoms with Crippen LogP contribution in [0.1, 0.15) is 64.8 Å². The van der Waals surface area contributed by atoms with Gasteiger partial charge < -0.3 is 15.3 Å². The molecule has 0 aliphatic carbocycles. The number of Topliss-reactive ketones (excluding diaryl/α,β-unsaturated/α-hetero) is 2. The van der Waals surface area contributed by atoms with E-state index in [0.29, 0.717) is 16.9 Å². The van der Waals surface area contributed by atoms with Gasteiger partial charge in [0.2, 0.25) is 0 Å². The first-order valence-corrected chi connectivity index (χ1v) is 10.5. The summed E-state index contributed by atoms with van der Waals surface area (Å²) in [7, 11) is 0. The average Bonchev–Trinajstić information content (AvgIpc) is 2.66. The molecule has 156 valence electrons. The fraction of sp³-hybridized carbons (Fsp3) is 0.391. The number of carbonyl (C=O) groups is 2. The van der Waals surface area contributed by atoms with Crippen molar-refractivity contribution >= 4 is 23.3 Å². The Morgan fingerprint density at radius 3 is 1.41 bits per heavy atom. The third-order valence-corrected chi connectivity index (χ3v) is 5.73. The standard InChI is InChI=1S/C23H28O5S/c1-22(2,27)20(25)17-9-5-15(6-10-17)19(29-14-13-24)16-7-11-18(12-8-16)21(26)23(3,4)28/h5-12,19,24,27-28H,13-14H2,1-4H3. The molecule has 0 saturated heterocycles. The van der Waals surface area contributed by atoms with Crippen LogP contribution in [-0.4, -0.2) is 50.4 Å². The summed E-state index contributed by atoms with van der Waals surface area (Å²) in [6.07, 6.45) is 0. The summed E-state index contributed by atoms with van der Waals surface area (Å²) in [4.78, 5) is 24.5. The van der Waals surface area contributed by atoms with E-state index in [1.165, 1.54) is 27.7 Å². The van der Waals surface area contributed by atoms with E-state index < -0.39 is 11.2 Å². The zero-order chi connectivity index (χ0) is 21.8. The van der Waals surface area contributed by atoms with E-state index >= 15 is 0 Å². The molecule has 0 atom stereocenters. The molecule has 0 unspecified atom stereocenters. The summed E-state index contributed by atoms with van der Waals surface area (Å²) in [6.45, 7) is 5.87. The number of carbonyl (C=O) groups excluding carboxylic acids is 2. The van der Waals surface area contributed by atoms with Crippen LogP contribution in [0.15, 0.2) is 48.5 Å². The summed E-state index contributed by atoms with van der Waals surface area (Å²) in [6, 6.07) is 14.1. The van der Waals surface area contributed by atoms with E-state index in [0.717, 1.165) is 11.1 Å². The van der Waals surface area contributed by atoms with Crippen molar-refractivity contribution in [1.29, 1.82) is 0 Å². The number of thioether (sulfide) groups is 1. The molecule has 6 heteroatoms. The third kappa shape index (κ3) is 6.00. The predicted octanol–water partition coefficient (Wildman–Crippen LogP) is 3.41. The number of hydrogen-bond acceptors (Lipinski definition) is 6. The van der Waals surface area contributed by atoms with Crippen molar-refractivity contribution in [3.05, 3.63) is 70.8 Å². The summed E-state index contributed by atoms with van der Waals surface area (Å²) in [5.74, 6) is -0.171. The van der Waals surface area contributed by atoms with E-state index in [4.69, 9.17) is 0 Å². The van der Waals surface area contributed by atoms with Crippen LogP contribution in [-0.2, 0) is 0 Å². The molecule has 3 N–H and O–H groups in total. The maximum absolute atomic E-state index is 12.2. The van der Waals surface area contributed by atoms with Crippen molar-refractivity contribution in [3.63, 3.8) is 0 Å². The van der Waals surface area contributed by atoms with E-state index in [-0.39, 0.29) is 23.4 Å². The molecule has 0 radical (unpaired) electrons. The van der Waals surface area contributed by atoms with Gasteiger partial charge in [0.05, 0.1) is 11.9 Å². The van der Waals surface area contributed by atoms with Crippen LogP contribution in [0.2, 0.25) is 0 Å². The summed E-state index contributed by atoms with van der Waals surface area (Å²) >= 11 is 1.55. The number of hydrogen-bond donors (Lipinski definition) is 3. The highest BCUT2D eigenvalue weighted by atomic mass is 32.2. The van der Waals surface area contributed by atoms with E-state index in [2.05, 4.69) is 0 Å². The SMILES string of the molecule is CC(C)(O)C(=O)c1ccc(C(SCCO)c2ccc(C(=O)C(C)(C)O)cc2)cc1. The number of ketones is 2. The number of rotatable bonds is 9. The van der Waals surface area contributed by atoms with E-state index in [9.17, 15) is 24.9 Å². The van der Waals surface area contributed by atoms with Gasteiger partial charge in [-0.15, -0.1) is 11.8 Å². The highest BCUT2D eigenvalue weighted by Gasteiger charge is 2.27. The van der Waals surface area contributed by atoms with Crippen molar-refractivity contribution in [2.24, 2.45) is 0 Å². The molecule has 2 rings (SSSR count). The largest absolute Gasteiger partial charge is 0.396 e. The average molecular weight is 417 g/mol. The Hall–Kier alpha value is -1.99. The lowest BCUT2D eigenvalue weighted by atomic mass is 9.93. The quantitative estimate of drug-likeness (QED) is 0.542. The molecule has 0 aromatic heterocycles. The highest BCUT2D eigenvalue weighted by molar-refractivity contribution is 7.99. The molecule has 5 nitrogen and oxygen atoms in total. The predicted molar refractivity (Wildman–Crippen MR) is 116 cm³/mol. The Balaban J connectivity index is 2.32. The molecule has 29 heavy (non-hydrogen) atoms. The topological polar surface area (TPSA) is 94.8 Å². The molecule has 2 aromatic rings. The van der Waals surface area contributed by atoms with Gasteiger partial charge in [0.25, 0.3) is 0 Å². The fourth-order valence-corrected chi connectivity index (χ4v) is 3.92. The third-order valence-electron chi connectivity index (χ3n) is 4.44. The van der Waals surface area contributed by atoms with Crippen molar-refractivity contribution in [1.82, 2.24) is 0 Å². The number of aliphatic hydroxyl groups is 3. The Morgan fingerprint density at radius 2 is 1.14 bits per heavy atom. The van der Waals surface area contributed by atoms with Crippen LogP contribution in [0, 0.1) is 0 Å². The van der Waals surface area contributed by atoms with Gasteiger partial charge in [-0.1, -0.05) is 48.5 Å². The van der Waals surface area contributed by atoms with Crippen molar-refractivity contribution < 1.29 is 24.9 Å². The zero-order valence-electron chi connectivity index (χ0n) is 17.2. The lowest BCUT2D eigenvalue weighted by Gasteiger charge is -2.20.